The average molecular weight is 294 g/mol. The molecule has 0 aliphatic heterocycles. The quantitative estimate of drug-likeness (QED) is 0.445. The van der Waals surface area contributed by atoms with Crippen LogP contribution in [0.5, 0.6) is 0 Å². The summed E-state index contributed by atoms with van der Waals surface area (Å²) in [7, 11) is 0. The number of hydrogen-bond acceptors (Lipinski definition) is 2. The predicted octanol–water partition coefficient (Wildman–Crippen LogP) is 3.83. The van der Waals surface area contributed by atoms with E-state index in [0.717, 1.165) is 11.1 Å². The molecule has 22 heavy (non-hydrogen) atoms. The van der Waals surface area contributed by atoms with Crippen LogP contribution in [0.4, 0.5) is 0 Å². The highest BCUT2D eigenvalue weighted by molar-refractivity contribution is 5.77. The van der Waals surface area contributed by atoms with Crippen LogP contribution in [0.25, 0.3) is 12.2 Å². The average Bonchev–Trinajstić information content (AvgIpc) is 2.46. The molecule has 0 bridgehead atoms. The van der Waals surface area contributed by atoms with Crippen molar-refractivity contribution in [3.05, 3.63) is 70.3 Å². The molecule has 0 saturated heterocycles. The number of nitrogens with one attached hydrogen (secondary N) is 1. The number of aliphatic hydroxyl groups is 1. The zero-order chi connectivity index (χ0) is 16.1. The summed E-state index contributed by atoms with van der Waals surface area (Å²) in [6, 6.07) is 13.9. The summed E-state index contributed by atoms with van der Waals surface area (Å²) in [5.41, 5.74) is 10.8. The maximum atomic E-state index is 10.0. The molecular formula is C19H22N2O. The van der Waals surface area contributed by atoms with Crippen molar-refractivity contribution in [3.8, 4) is 0 Å². The minimum absolute atomic E-state index is 0.0102. The van der Waals surface area contributed by atoms with E-state index >= 15 is 0 Å². The van der Waals surface area contributed by atoms with Crippen LogP contribution in [0.15, 0.2) is 42.5 Å². The lowest BCUT2D eigenvalue weighted by molar-refractivity contribution is 0.186. The van der Waals surface area contributed by atoms with Crippen molar-refractivity contribution in [3.63, 3.8) is 0 Å². The van der Waals surface area contributed by atoms with E-state index in [1.165, 1.54) is 16.7 Å². The minimum Gasteiger partial charge on any atom is -0.388 e. The highest BCUT2D eigenvalue weighted by Crippen LogP contribution is 2.20. The van der Waals surface area contributed by atoms with Crippen molar-refractivity contribution in [2.75, 3.05) is 0 Å². The molecule has 0 spiro atoms. The van der Waals surface area contributed by atoms with Gasteiger partial charge in [-0.15, -0.1) is 0 Å². The summed E-state index contributed by atoms with van der Waals surface area (Å²) in [5, 5.41) is 17.3. The number of amidine groups is 1. The zero-order valence-corrected chi connectivity index (χ0v) is 13.0. The highest BCUT2D eigenvalue weighted by Gasteiger charge is 2.08. The third-order valence-corrected chi connectivity index (χ3v) is 3.69. The lowest BCUT2D eigenvalue weighted by Gasteiger charge is -2.10. The second-order valence-electron chi connectivity index (χ2n) is 5.55. The first kappa shape index (κ1) is 16.0. The van der Waals surface area contributed by atoms with Gasteiger partial charge in [0.1, 0.15) is 0 Å². The Morgan fingerprint density at radius 2 is 1.77 bits per heavy atom. The molecule has 0 aliphatic rings. The maximum absolute atomic E-state index is 10.0. The molecule has 4 N–H and O–H groups in total. The summed E-state index contributed by atoms with van der Waals surface area (Å²) in [6.07, 6.45) is 3.57. The van der Waals surface area contributed by atoms with Crippen molar-refractivity contribution in [1.82, 2.24) is 0 Å². The van der Waals surface area contributed by atoms with Crippen LogP contribution in [0, 0.1) is 19.3 Å². The van der Waals surface area contributed by atoms with Gasteiger partial charge in [0.15, 0.2) is 0 Å². The fourth-order valence-corrected chi connectivity index (χ4v) is 2.47. The topological polar surface area (TPSA) is 70.1 Å². The van der Waals surface area contributed by atoms with Crippen LogP contribution >= 0.6 is 0 Å². The second-order valence-corrected chi connectivity index (χ2v) is 5.55. The molecule has 0 heterocycles. The lowest BCUT2D eigenvalue weighted by Crippen LogP contribution is -2.14. The molecule has 1 atom stereocenters. The molecule has 0 saturated carbocycles. The number of aliphatic hydroxyl groups excluding tert-OH is 1. The van der Waals surface area contributed by atoms with Crippen molar-refractivity contribution in [2.45, 2.75) is 26.4 Å². The first-order valence-corrected chi connectivity index (χ1v) is 7.32. The van der Waals surface area contributed by atoms with E-state index in [1.807, 2.05) is 30.3 Å². The fourth-order valence-electron chi connectivity index (χ4n) is 2.47. The van der Waals surface area contributed by atoms with Crippen LogP contribution in [0.2, 0.25) is 0 Å². The molecule has 0 radical (unpaired) electrons. The Kier molecular flexibility index (Phi) is 5.12. The highest BCUT2D eigenvalue weighted by atomic mass is 16.3. The Morgan fingerprint density at radius 3 is 2.41 bits per heavy atom. The van der Waals surface area contributed by atoms with Crippen molar-refractivity contribution in [1.29, 1.82) is 5.41 Å². The van der Waals surface area contributed by atoms with Gasteiger partial charge in [-0.3, -0.25) is 5.41 Å². The van der Waals surface area contributed by atoms with Crippen LogP contribution in [0.1, 0.15) is 40.3 Å². The van der Waals surface area contributed by atoms with Gasteiger partial charge in [0, 0.05) is 6.42 Å². The van der Waals surface area contributed by atoms with E-state index < -0.39 is 6.10 Å². The molecule has 3 nitrogen and oxygen atoms in total. The Morgan fingerprint density at radius 1 is 1.14 bits per heavy atom. The first-order chi connectivity index (χ1) is 10.5. The van der Waals surface area contributed by atoms with Gasteiger partial charge in [-0.25, -0.2) is 0 Å². The summed E-state index contributed by atoms with van der Waals surface area (Å²) in [4.78, 5) is 0. The van der Waals surface area contributed by atoms with Crippen molar-refractivity contribution >= 4 is 18.0 Å². The molecule has 114 valence electrons. The Labute approximate surface area is 131 Å². The third kappa shape index (κ3) is 4.06. The molecule has 2 aromatic rings. The monoisotopic (exact) mass is 294 g/mol. The van der Waals surface area contributed by atoms with Gasteiger partial charge in [-0.1, -0.05) is 48.6 Å². The summed E-state index contributed by atoms with van der Waals surface area (Å²) in [5.74, 6) is -0.0102. The van der Waals surface area contributed by atoms with Crippen LogP contribution in [-0.4, -0.2) is 10.9 Å². The van der Waals surface area contributed by atoms with E-state index in [-0.39, 0.29) is 12.3 Å². The van der Waals surface area contributed by atoms with E-state index in [1.54, 1.807) is 0 Å². The fraction of sp³-hybridized carbons (Fsp3) is 0.211. The molecule has 2 rings (SSSR count). The van der Waals surface area contributed by atoms with Gasteiger partial charge in [-0.05, 0) is 47.7 Å². The Hall–Kier alpha value is -2.39. The van der Waals surface area contributed by atoms with Gasteiger partial charge >= 0.3 is 0 Å². The largest absolute Gasteiger partial charge is 0.388 e. The Balaban J connectivity index is 2.23. The number of hydrogen-bond donors (Lipinski definition) is 3. The summed E-state index contributed by atoms with van der Waals surface area (Å²) in [6.45, 7) is 4.19. The molecule has 0 amide bonds. The summed E-state index contributed by atoms with van der Waals surface area (Å²) >= 11 is 0. The van der Waals surface area contributed by atoms with Gasteiger partial charge in [0.05, 0.1) is 11.9 Å². The van der Waals surface area contributed by atoms with Crippen molar-refractivity contribution in [2.24, 2.45) is 5.73 Å². The van der Waals surface area contributed by atoms with Crippen molar-refractivity contribution < 1.29 is 5.11 Å². The van der Waals surface area contributed by atoms with Gasteiger partial charge in [-0.2, -0.15) is 0 Å². The molecule has 0 aliphatic carbocycles. The Bertz CT molecular complexity index is 684. The molecule has 0 aromatic heterocycles. The molecular weight excluding hydrogens is 272 g/mol. The molecule has 0 fully saturated rings. The predicted molar refractivity (Wildman–Crippen MR) is 92.8 cm³/mol. The molecule has 2 aromatic carbocycles. The minimum atomic E-state index is -0.731. The van der Waals surface area contributed by atoms with Gasteiger partial charge in [0.2, 0.25) is 0 Å². The summed E-state index contributed by atoms with van der Waals surface area (Å²) < 4.78 is 0. The first-order valence-electron chi connectivity index (χ1n) is 7.32. The van der Waals surface area contributed by atoms with E-state index in [9.17, 15) is 5.11 Å². The lowest BCUT2D eigenvalue weighted by atomic mass is 10.00. The van der Waals surface area contributed by atoms with E-state index in [2.05, 4.69) is 38.1 Å². The molecule has 3 heteroatoms. The smallest absolute Gasteiger partial charge is 0.0934 e. The standard InChI is InChI=1S/C19H22N2O/c1-13-5-3-6-14(2)17(13)10-9-15-7-4-8-16(11-15)18(22)12-19(20)21/h3-11,18,22H,12H2,1-2H3,(H3,20,21)/b10-9+. The van der Waals surface area contributed by atoms with E-state index in [4.69, 9.17) is 11.1 Å². The number of benzene rings is 2. The SMILES string of the molecule is Cc1cccc(C)c1/C=C/c1cccc(C(O)CC(=N)N)c1. The number of rotatable bonds is 5. The van der Waals surface area contributed by atoms with Gasteiger partial charge < -0.3 is 10.8 Å². The van der Waals surface area contributed by atoms with Crippen LogP contribution < -0.4 is 5.73 Å². The molecule has 1 unspecified atom stereocenters. The number of aryl methyl sites for hydroxylation is 2. The van der Waals surface area contributed by atoms with E-state index in [0.29, 0.717) is 0 Å². The third-order valence-electron chi connectivity index (χ3n) is 3.69. The van der Waals surface area contributed by atoms with Crippen LogP contribution in [0.3, 0.4) is 0 Å². The van der Waals surface area contributed by atoms with Crippen LogP contribution in [-0.2, 0) is 0 Å². The second kappa shape index (κ2) is 7.05. The maximum Gasteiger partial charge on any atom is 0.0934 e. The zero-order valence-electron chi connectivity index (χ0n) is 13.0. The normalized spacial score (nSPS) is 12.5. The van der Waals surface area contributed by atoms with Gasteiger partial charge in [0.25, 0.3) is 0 Å². The number of nitrogens with two attached hydrogens (primary N) is 1.